The summed E-state index contributed by atoms with van der Waals surface area (Å²) in [6.45, 7) is 7.36. The largest absolute Gasteiger partial charge is 0.478 e. The summed E-state index contributed by atoms with van der Waals surface area (Å²) in [5.41, 5.74) is 0.331. The zero-order valence-electron chi connectivity index (χ0n) is 21.9. The Morgan fingerprint density at radius 2 is 0.969 bits per heavy atom. The number of unbranched alkanes of at least 4 members (excludes halogenated alkanes) is 14. The fourth-order valence-electron chi connectivity index (χ4n) is 4.04. The van der Waals surface area contributed by atoms with E-state index in [4.69, 9.17) is 5.11 Å². The third-order valence-corrected chi connectivity index (χ3v) is 6.25. The van der Waals surface area contributed by atoms with Crippen molar-refractivity contribution in [3.05, 3.63) is 35.9 Å². The predicted octanol–water partition coefficient (Wildman–Crippen LogP) is 8.73. The van der Waals surface area contributed by atoms with Crippen LogP contribution >= 0.6 is 0 Å². The Morgan fingerprint density at radius 3 is 1.28 bits per heavy atom. The summed E-state index contributed by atoms with van der Waals surface area (Å²) in [6, 6.07) is 8.30. The molecule has 32 heavy (non-hydrogen) atoms. The summed E-state index contributed by atoms with van der Waals surface area (Å²) >= 11 is 0. The molecule has 0 saturated heterocycles. The maximum atomic E-state index is 10.2. The third kappa shape index (κ3) is 20.5. The molecule has 1 N–H and O–H groups in total. The van der Waals surface area contributed by atoms with Gasteiger partial charge in [0, 0.05) is 0 Å². The maximum Gasteiger partial charge on any atom is 0.335 e. The first-order chi connectivity index (χ1) is 15.4. The molecule has 3 heteroatoms. The minimum Gasteiger partial charge on any atom is -0.478 e. The van der Waals surface area contributed by atoms with Gasteiger partial charge >= 0.3 is 5.97 Å². The molecule has 0 atom stereocenters. The molecule has 0 radical (unpaired) electrons. The van der Waals surface area contributed by atoms with E-state index in [0.717, 1.165) is 0 Å². The number of carboxylic acid groups (broad SMARTS) is 1. The second-order valence-electron chi connectivity index (χ2n) is 10.0. The van der Waals surface area contributed by atoms with Crippen LogP contribution in [0.15, 0.2) is 30.3 Å². The monoisotopic (exact) mass is 448 g/mol. The van der Waals surface area contributed by atoms with E-state index in [1.54, 1.807) is 30.3 Å². The Bertz CT molecular complexity index is 505. The van der Waals surface area contributed by atoms with Gasteiger partial charge in [0.1, 0.15) is 0 Å². The predicted molar refractivity (Wildman–Crippen MR) is 140 cm³/mol. The average Bonchev–Trinajstić information content (AvgIpc) is 2.78. The SMILES string of the molecule is CCCCCCCCCC[N+](C)(C)CCCCCCCCCC.O=C(O)c1ccccc1. The Labute approximate surface area is 200 Å². The number of hydrogen-bond acceptors (Lipinski definition) is 1. The lowest BCUT2D eigenvalue weighted by Gasteiger charge is -2.30. The van der Waals surface area contributed by atoms with Crippen molar-refractivity contribution in [2.45, 2.75) is 117 Å². The molecule has 0 aliphatic rings. The van der Waals surface area contributed by atoms with Crippen molar-refractivity contribution in [1.82, 2.24) is 0 Å². The van der Waals surface area contributed by atoms with Crippen LogP contribution in [0.25, 0.3) is 0 Å². The number of quaternary nitrogens is 1. The second-order valence-corrected chi connectivity index (χ2v) is 10.0. The van der Waals surface area contributed by atoms with Gasteiger partial charge in [0.25, 0.3) is 0 Å². The molecular weight excluding hydrogens is 394 g/mol. The summed E-state index contributed by atoms with van der Waals surface area (Å²) in [6.07, 6.45) is 23.0. The number of aromatic carboxylic acids is 1. The van der Waals surface area contributed by atoms with Crippen LogP contribution in [-0.2, 0) is 0 Å². The molecule has 0 amide bonds. The minimum absolute atomic E-state index is 0.331. The topological polar surface area (TPSA) is 37.3 Å². The lowest BCUT2D eigenvalue weighted by molar-refractivity contribution is -0.890. The molecule has 0 bridgehead atoms. The first kappa shape index (κ1) is 30.6. The molecule has 0 aliphatic heterocycles. The van der Waals surface area contributed by atoms with Gasteiger partial charge < -0.3 is 9.59 Å². The Balaban J connectivity index is 0.000000879. The van der Waals surface area contributed by atoms with E-state index in [9.17, 15) is 4.79 Å². The highest BCUT2D eigenvalue weighted by atomic mass is 16.4. The van der Waals surface area contributed by atoms with Crippen LogP contribution in [0.4, 0.5) is 0 Å². The first-order valence-electron chi connectivity index (χ1n) is 13.5. The number of hydrogen-bond donors (Lipinski definition) is 1. The van der Waals surface area contributed by atoms with Crippen LogP contribution in [0.3, 0.4) is 0 Å². The van der Waals surface area contributed by atoms with E-state index in [0.29, 0.717) is 5.56 Å². The molecule has 0 fully saturated rings. The van der Waals surface area contributed by atoms with Crippen molar-refractivity contribution in [3.8, 4) is 0 Å². The zero-order chi connectivity index (χ0) is 23.9. The van der Waals surface area contributed by atoms with E-state index in [1.807, 2.05) is 0 Å². The van der Waals surface area contributed by atoms with Crippen molar-refractivity contribution < 1.29 is 14.4 Å². The lowest BCUT2D eigenvalue weighted by Crippen LogP contribution is -2.41. The highest BCUT2D eigenvalue weighted by molar-refractivity contribution is 5.87. The van der Waals surface area contributed by atoms with Gasteiger partial charge in [0.15, 0.2) is 0 Å². The molecule has 1 rings (SSSR count). The molecule has 0 spiro atoms. The third-order valence-electron chi connectivity index (χ3n) is 6.25. The minimum atomic E-state index is -0.879. The van der Waals surface area contributed by atoms with Crippen LogP contribution in [0.2, 0.25) is 0 Å². The van der Waals surface area contributed by atoms with E-state index < -0.39 is 5.97 Å². The van der Waals surface area contributed by atoms with Crippen LogP contribution in [0.1, 0.15) is 127 Å². The van der Waals surface area contributed by atoms with Gasteiger partial charge in [-0.3, -0.25) is 0 Å². The number of carboxylic acids is 1. The smallest absolute Gasteiger partial charge is 0.335 e. The quantitative estimate of drug-likeness (QED) is 0.170. The van der Waals surface area contributed by atoms with E-state index in [1.165, 1.54) is 120 Å². The normalized spacial score (nSPS) is 11.1. The van der Waals surface area contributed by atoms with Gasteiger partial charge in [-0.2, -0.15) is 0 Å². The Kier molecular flexibility index (Phi) is 20.6. The van der Waals surface area contributed by atoms with Crippen molar-refractivity contribution in [2.75, 3.05) is 27.2 Å². The van der Waals surface area contributed by atoms with Gasteiger partial charge in [-0.05, 0) is 37.8 Å². The number of rotatable bonds is 19. The van der Waals surface area contributed by atoms with Gasteiger partial charge in [0.2, 0.25) is 0 Å². The molecule has 0 saturated carbocycles. The molecule has 1 aromatic rings. The molecule has 186 valence electrons. The van der Waals surface area contributed by atoms with Crippen LogP contribution < -0.4 is 0 Å². The molecule has 3 nitrogen and oxygen atoms in total. The maximum absolute atomic E-state index is 10.2. The standard InChI is InChI=1S/C22H48N.C7H6O2/c1-5-7-9-11-13-15-17-19-21-23(3,4)22-20-18-16-14-12-10-8-6-2;8-7(9)6-4-2-1-3-5-6/h5-22H2,1-4H3;1-5H,(H,8,9)/q+1;. The van der Waals surface area contributed by atoms with Crippen molar-refractivity contribution in [2.24, 2.45) is 0 Å². The molecule has 0 aliphatic carbocycles. The summed E-state index contributed by atoms with van der Waals surface area (Å²) in [5.74, 6) is -0.879. The molecule has 0 aromatic heterocycles. The highest BCUT2D eigenvalue weighted by Crippen LogP contribution is 2.13. The fourth-order valence-corrected chi connectivity index (χ4v) is 4.04. The molecule has 1 aromatic carbocycles. The van der Waals surface area contributed by atoms with E-state index in [2.05, 4.69) is 27.9 Å². The van der Waals surface area contributed by atoms with Crippen LogP contribution in [-0.4, -0.2) is 42.7 Å². The summed E-state index contributed by atoms with van der Waals surface area (Å²) in [7, 11) is 4.87. The Hall–Kier alpha value is -1.35. The van der Waals surface area contributed by atoms with Gasteiger partial charge in [-0.25, -0.2) is 4.79 Å². The van der Waals surface area contributed by atoms with E-state index >= 15 is 0 Å². The van der Waals surface area contributed by atoms with Crippen molar-refractivity contribution in [1.29, 1.82) is 0 Å². The van der Waals surface area contributed by atoms with Crippen LogP contribution in [0.5, 0.6) is 0 Å². The van der Waals surface area contributed by atoms with Crippen LogP contribution in [0, 0.1) is 0 Å². The number of carbonyl (C=O) groups is 1. The van der Waals surface area contributed by atoms with Crippen molar-refractivity contribution >= 4 is 5.97 Å². The van der Waals surface area contributed by atoms with Gasteiger partial charge in [0.05, 0.1) is 32.7 Å². The highest BCUT2D eigenvalue weighted by Gasteiger charge is 2.13. The molecule has 0 heterocycles. The van der Waals surface area contributed by atoms with Crippen molar-refractivity contribution in [3.63, 3.8) is 0 Å². The van der Waals surface area contributed by atoms with Gasteiger partial charge in [-0.15, -0.1) is 0 Å². The summed E-state index contributed by atoms with van der Waals surface area (Å²) in [5, 5.41) is 8.38. The number of nitrogens with zero attached hydrogens (tertiary/aromatic N) is 1. The van der Waals surface area contributed by atoms with Gasteiger partial charge in [-0.1, -0.05) is 109 Å². The lowest BCUT2D eigenvalue weighted by atomic mass is 10.1. The average molecular weight is 449 g/mol. The molecule has 0 unspecified atom stereocenters. The molecular formula is C29H54NO2+. The summed E-state index contributed by atoms with van der Waals surface area (Å²) in [4.78, 5) is 10.2. The first-order valence-corrected chi connectivity index (χ1v) is 13.5. The zero-order valence-corrected chi connectivity index (χ0v) is 21.9. The fraction of sp³-hybridized carbons (Fsp3) is 0.759. The summed E-state index contributed by atoms with van der Waals surface area (Å²) < 4.78 is 1.24. The number of benzene rings is 1. The second kappa shape index (κ2) is 21.5. The Morgan fingerprint density at radius 1 is 0.625 bits per heavy atom. The van der Waals surface area contributed by atoms with E-state index in [-0.39, 0.29) is 0 Å².